The number of rotatable bonds is 9. The fraction of sp³-hybridized carbons (Fsp3) is 0.222. The van der Waals surface area contributed by atoms with Crippen molar-refractivity contribution in [1.29, 1.82) is 0 Å². The lowest BCUT2D eigenvalue weighted by Gasteiger charge is -2.15. The fourth-order valence-corrected chi connectivity index (χ4v) is 4.15. The van der Waals surface area contributed by atoms with Crippen molar-refractivity contribution in [2.75, 3.05) is 7.05 Å². The Morgan fingerprint density at radius 3 is 2.63 bits per heavy atom. The van der Waals surface area contributed by atoms with Gasteiger partial charge in [0.1, 0.15) is 23.1 Å². The zero-order valence-corrected chi connectivity index (χ0v) is 20.4. The summed E-state index contributed by atoms with van der Waals surface area (Å²) >= 11 is 0. The number of hydrogen-bond donors (Lipinski definition) is 4. The average molecular weight is 516 g/mol. The van der Waals surface area contributed by atoms with Crippen molar-refractivity contribution in [3.05, 3.63) is 83.5 Å². The number of pyridine rings is 1. The van der Waals surface area contributed by atoms with Gasteiger partial charge in [0.25, 0.3) is 11.8 Å². The smallest absolute Gasteiger partial charge is 0.337 e. The molecule has 1 saturated carbocycles. The van der Waals surface area contributed by atoms with Crippen molar-refractivity contribution in [2.45, 2.75) is 25.4 Å². The van der Waals surface area contributed by atoms with Gasteiger partial charge in [0.05, 0.1) is 5.56 Å². The number of benzene rings is 1. The molecule has 3 amide bonds. The first-order chi connectivity index (χ1) is 18.3. The van der Waals surface area contributed by atoms with Crippen molar-refractivity contribution < 1.29 is 28.7 Å². The van der Waals surface area contributed by atoms with Crippen molar-refractivity contribution in [3.63, 3.8) is 0 Å². The second-order valence-electron chi connectivity index (χ2n) is 9.06. The predicted octanol–water partition coefficient (Wildman–Crippen LogP) is 2.48. The number of carboxylic acid groups (broad SMARTS) is 1. The highest BCUT2D eigenvalue weighted by atomic mass is 16.4. The minimum absolute atomic E-state index is 0.0893. The number of fused-ring (bicyclic) bond motifs is 1. The van der Waals surface area contributed by atoms with Crippen molar-refractivity contribution in [1.82, 2.24) is 25.3 Å². The lowest BCUT2D eigenvalue weighted by Crippen LogP contribution is -2.47. The number of nitrogens with one attached hydrogen (secondary N) is 3. The topological polar surface area (TPSA) is 155 Å². The molecule has 194 valence electrons. The molecule has 0 saturated heterocycles. The first-order valence-electron chi connectivity index (χ1n) is 12.0. The number of furan rings is 1. The van der Waals surface area contributed by atoms with Crippen LogP contribution in [0.4, 0.5) is 0 Å². The summed E-state index contributed by atoms with van der Waals surface area (Å²) in [5, 5.41) is 17.3. The normalized spacial score (nSPS) is 13.6. The van der Waals surface area contributed by atoms with Crippen LogP contribution >= 0.6 is 0 Å². The Hall–Kier alpha value is -4.93. The first-order valence-corrected chi connectivity index (χ1v) is 12.0. The molecular weight excluding hydrogens is 490 g/mol. The third-order valence-corrected chi connectivity index (χ3v) is 6.33. The minimum Gasteiger partial charge on any atom is -0.478 e. The molecule has 3 aromatic heterocycles. The Kier molecular flexibility index (Phi) is 6.65. The summed E-state index contributed by atoms with van der Waals surface area (Å²) in [6.07, 6.45) is 4.66. The van der Waals surface area contributed by atoms with Crippen LogP contribution in [0.15, 0.2) is 65.3 Å². The van der Waals surface area contributed by atoms with Crippen LogP contribution in [0.5, 0.6) is 0 Å². The van der Waals surface area contributed by atoms with Crippen LogP contribution in [-0.4, -0.2) is 51.3 Å². The second-order valence-corrected chi connectivity index (χ2v) is 9.06. The number of aromatic nitrogens is 2. The van der Waals surface area contributed by atoms with Gasteiger partial charge in [0, 0.05) is 31.5 Å². The number of carboxylic acids is 1. The van der Waals surface area contributed by atoms with Gasteiger partial charge in [0.15, 0.2) is 5.76 Å². The molecule has 4 aromatic rings. The molecule has 1 aliphatic carbocycles. The first kappa shape index (κ1) is 24.8. The lowest BCUT2D eigenvalue weighted by molar-refractivity contribution is -0.122. The van der Waals surface area contributed by atoms with Gasteiger partial charge < -0.3 is 29.9 Å². The molecule has 4 N–H and O–H groups in total. The van der Waals surface area contributed by atoms with E-state index in [4.69, 9.17) is 9.52 Å². The third-order valence-electron chi connectivity index (χ3n) is 6.33. The molecule has 0 spiro atoms. The molecule has 11 heteroatoms. The molecule has 1 fully saturated rings. The van der Waals surface area contributed by atoms with E-state index < -0.39 is 23.8 Å². The van der Waals surface area contributed by atoms with Crippen LogP contribution in [0.1, 0.15) is 49.8 Å². The molecule has 0 aliphatic heterocycles. The molecule has 1 atom stereocenters. The van der Waals surface area contributed by atoms with Gasteiger partial charge in [0.2, 0.25) is 5.91 Å². The molecule has 11 nitrogen and oxygen atoms in total. The summed E-state index contributed by atoms with van der Waals surface area (Å²) in [4.78, 5) is 52.8. The van der Waals surface area contributed by atoms with Gasteiger partial charge in [-0.3, -0.25) is 14.4 Å². The Morgan fingerprint density at radius 2 is 1.89 bits per heavy atom. The van der Waals surface area contributed by atoms with Crippen LogP contribution in [0, 0.1) is 5.92 Å². The number of nitrogens with zero attached hydrogens (tertiary/aromatic N) is 2. The summed E-state index contributed by atoms with van der Waals surface area (Å²) < 4.78 is 7.26. The lowest BCUT2D eigenvalue weighted by atomic mass is 10.1. The number of carbonyl (C=O) groups is 4. The maximum absolute atomic E-state index is 12.7. The number of aromatic carboxylic acids is 1. The molecule has 38 heavy (non-hydrogen) atoms. The summed E-state index contributed by atoms with van der Waals surface area (Å²) in [7, 11) is 1.54. The molecule has 1 aliphatic rings. The number of amides is 3. The summed E-state index contributed by atoms with van der Waals surface area (Å²) in [6.45, 7) is 0.212. The molecule has 1 aromatic carbocycles. The van der Waals surface area contributed by atoms with Gasteiger partial charge in [-0.1, -0.05) is 18.2 Å². The third kappa shape index (κ3) is 5.26. The monoisotopic (exact) mass is 515 g/mol. The SMILES string of the molecule is CNC(=O)[C@@H](NC(=O)c1ccc(-c2cccc(CNC(=O)c3cn4cc(C(=O)O)ccc4n3)c2)o1)C1CC1. The van der Waals surface area contributed by atoms with Gasteiger partial charge in [-0.05, 0) is 54.7 Å². The largest absolute Gasteiger partial charge is 0.478 e. The predicted molar refractivity (Wildman–Crippen MR) is 136 cm³/mol. The zero-order valence-electron chi connectivity index (χ0n) is 20.4. The average Bonchev–Trinajstić information content (AvgIpc) is 3.47. The van der Waals surface area contributed by atoms with E-state index in [1.807, 2.05) is 24.3 Å². The Labute approximate surface area is 216 Å². The van der Waals surface area contributed by atoms with Gasteiger partial charge in [-0.15, -0.1) is 0 Å². The van der Waals surface area contributed by atoms with Crippen LogP contribution in [-0.2, 0) is 11.3 Å². The number of carbonyl (C=O) groups excluding carboxylic acids is 3. The Balaban J connectivity index is 1.23. The van der Waals surface area contributed by atoms with Crippen LogP contribution in [0.25, 0.3) is 17.0 Å². The maximum atomic E-state index is 12.7. The molecule has 0 radical (unpaired) electrons. The minimum atomic E-state index is -1.07. The number of imidazole rings is 1. The highest BCUT2D eigenvalue weighted by molar-refractivity contribution is 5.96. The van der Waals surface area contributed by atoms with E-state index in [0.717, 1.165) is 24.0 Å². The summed E-state index contributed by atoms with van der Waals surface area (Å²) in [5.74, 6) is -1.44. The quantitative estimate of drug-likeness (QED) is 0.267. The standard InChI is InChI=1S/C27H25N5O6/c1-28-26(35)23(16-5-6-16)31-25(34)21-9-8-20(38-21)17-4-2-3-15(11-17)12-29-24(33)19-14-32-13-18(27(36)37)7-10-22(32)30-19/h2-4,7-11,13-14,16,23H,5-6,12H2,1H3,(H,28,35)(H,29,33)(H,31,34)(H,36,37)/t23-/m0/s1. The van der Waals surface area contributed by atoms with E-state index in [1.54, 1.807) is 19.2 Å². The highest BCUT2D eigenvalue weighted by Gasteiger charge is 2.37. The molecule has 3 heterocycles. The fourth-order valence-electron chi connectivity index (χ4n) is 4.15. The van der Waals surface area contributed by atoms with E-state index in [0.29, 0.717) is 11.4 Å². The van der Waals surface area contributed by atoms with E-state index >= 15 is 0 Å². The van der Waals surface area contributed by atoms with Crippen LogP contribution in [0.2, 0.25) is 0 Å². The van der Waals surface area contributed by atoms with E-state index in [2.05, 4.69) is 20.9 Å². The van der Waals surface area contributed by atoms with Crippen molar-refractivity contribution in [3.8, 4) is 11.3 Å². The number of hydrogen-bond acceptors (Lipinski definition) is 6. The van der Waals surface area contributed by atoms with Gasteiger partial charge in [-0.25, -0.2) is 9.78 Å². The van der Waals surface area contributed by atoms with E-state index in [-0.39, 0.29) is 35.4 Å². The van der Waals surface area contributed by atoms with Crippen molar-refractivity contribution >= 4 is 29.3 Å². The Bertz CT molecular complexity index is 1550. The van der Waals surface area contributed by atoms with E-state index in [9.17, 15) is 19.2 Å². The zero-order chi connectivity index (χ0) is 26.8. The second kappa shape index (κ2) is 10.2. The van der Waals surface area contributed by atoms with E-state index in [1.165, 1.54) is 28.9 Å². The number of likely N-dealkylation sites (N-methyl/N-ethyl adjacent to an activating group) is 1. The van der Waals surface area contributed by atoms with Crippen molar-refractivity contribution in [2.24, 2.45) is 5.92 Å². The Morgan fingerprint density at radius 1 is 1.08 bits per heavy atom. The molecule has 5 rings (SSSR count). The van der Waals surface area contributed by atoms with Crippen LogP contribution < -0.4 is 16.0 Å². The maximum Gasteiger partial charge on any atom is 0.337 e. The highest BCUT2D eigenvalue weighted by Crippen LogP contribution is 2.33. The summed E-state index contributed by atoms with van der Waals surface area (Å²) in [6, 6.07) is 12.9. The van der Waals surface area contributed by atoms with Gasteiger partial charge in [-0.2, -0.15) is 0 Å². The molecular formula is C27H25N5O6. The summed E-state index contributed by atoms with van der Waals surface area (Å²) in [5.41, 5.74) is 2.22. The van der Waals surface area contributed by atoms with Gasteiger partial charge >= 0.3 is 5.97 Å². The molecule has 0 bridgehead atoms. The van der Waals surface area contributed by atoms with Crippen LogP contribution in [0.3, 0.4) is 0 Å². The molecule has 0 unspecified atom stereocenters.